The van der Waals surface area contributed by atoms with Gasteiger partial charge >= 0.3 is 0 Å². The van der Waals surface area contributed by atoms with Crippen LogP contribution in [0, 0.1) is 0 Å². The molecule has 0 aliphatic carbocycles. The summed E-state index contributed by atoms with van der Waals surface area (Å²) in [6.07, 6.45) is 0.374. The molecule has 2 radical (unpaired) electrons. The van der Waals surface area contributed by atoms with Gasteiger partial charge in [-0.3, -0.25) is 0 Å². The molecule has 0 rings (SSSR count). The lowest BCUT2D eigenvalue weighted by Crippen LogP contribution is -2.29. The summed E-state index contributed by atoms with van der Waals surface area (Å²) in [4.78, 5) is 0. The van der Waals surface area contributed by atoms with Gasteiger partial charge in [0.15, 0.2) is 6.71 Å². The average Bonchev–Trinajstić information content (AvgIpc) is 1.84. The number of hydrogen-bond donors (Lipinski definition) is 1. The first-order valence-corrected chi connectivity index (χ1v) is 3.47. The average molecular weight is 124 g/mol. The maximum absolute atomic E-state index is 9.17. The fourth-order valence-electron chi connectivity index (χ4n) is 0.659. The van der Waals surface area contributed by atoms with Crippen LogP contribution < -0.4 is 0 Å². The van der Waals surface area contributed by atoms with E-state index < -0.39 is 0 Å². The predicted molar refractivity (Wildman–Crippen MR) is 43.3 cm³/mol. The van der Waals surface area contributed by atoms with Crippen molar-refractivity contribution in [1.29, 1.82) is 0 Å². The molecule has 0 spiro atoms. The molecule has 9 heavy (non-hydrogen) atoms. The van der Waals surface area contributed by atoms with Crippen molar-refractivity contribution in [3.05, 3.63) is 0 Å². The second kappa shape index (κ2) is 3.99. The molecule has 1 unspecified atom stereocenters. The van der Waals surface area contributed by atoms with Crippen LogP contribution in [-0.4, -0.2) is 25.7 Å². The van der Waals surface area contributed by atoms with Gasteiger partial charge in [0.2, 0.25) is 0 Å². The standard InChI is InChI=1S/C6H14B2O/c1-5(2)8(3)6(9)4-7/h5-6,9H,4H2,1-3H3. The Bertz CT molecular complexity index is 75.5. The van der Waals surface area contributed by atoms with Gasteiger partial charge in [-0.05, 0) is 0 Å². The molecule has 1 nitrogen and oxygen atoms in total. The van der Waals surface area contributed by atoms with Crippen LogP contribution >= 0.6 is 0 Å². The number of aliphatic hydroxyl groups excluding tert-OH is 1. The fraction of sp³-hybridized carbons (Fsp3) is 1.00. The zero-order valence-electron chi connectivity index (χ0n) is 6.46. The van der Waals surface area contributed by atoms with Gasteiger partial charge in [0.25, 0.3) is 0 Å². The van der Waals surface area contributed by atoms with E-state index in [1.54, 1.807) is 0 Å². The summed E-state index contributed by atoms with van der Waals surface area (Å²) in [5, 5.41) is 9.17. The minimum absolute atomic E-state index is 0.315. The Hall–Kier alpha value is 0.0899. The molecule has 0 aliphatic rings. The lowest BCUT2D eigenvalue weighted by atomic mass is 9.39. The third kappa shape index (κ3) is 2.95. The zero-order valence-corrected chi connectivity index (χ0v) is 6.46. The number of hydrogen-bond acceptors (Lipinski definition) is 1. The van der Waals surface area contributed by atoms with Crippen molar-refractivity contribution in [3.8, 4) is 0 Å². The highest BCUT2D eigenvalue weighted by Crippen LogP contribution is 2.11. The first-order chi connectivity index (χ1) is 4.09. The Morgan fingerprint density at radius 2 is 2.00 bits per heavy atom. The summed E-state index contributed by atoms with van der Waals surface area (Å²) in [7, 11) is 5.26. The lowest BCUT2D eigenvalue weighted by molar-refractivity contribution is 0.267. The minimum Gasteiger partial charge on any atom is -0.402 e. The molecule has 0 bridgehead atoms. The Labute approximate surface area is 59.3 Å². The van der Waals surface area contributed by atoms with E-state index in [9.17, 15) is 5.11 Å². The summed E-state index contributed by atoms with van der Waals surface area (Å²) in [5.41, 5.74) is 0. The second-order valence-electron chi connectivity index (χ2n) is 2.91. The molecule has 1 N–H and O–H groups in total. The van der Waals surface area contributed by atoms with Crippen LogP contribution in [0.25, 0.3) is 0 Å². The third-order valence-corrected chi connectivity index (χ3v) is 1.90. The van der Waals surface area contributed by atoms with E-state index in [2.05, 4.69) is 13.8 Å². The Kier molecular flexibility index (Phi) is 4.03. The molecule has 0 aromatic carbocycles. The largest absolute Gasteiger partial charge is 0.402 e. The van der Waals surface area contributed by atoms with E-state index >= 15 is 0 Å². The van der Waals surface area contributed by atoms with Gasteiger partial charge in [-0.1, -0.05) is 32.8 Å². The maximum Gasteiger partial charge on any atom is 0.174 e. The van der Waals surface area contributed by atoms with Crippen molar-refractivity contribution >= 4 is 14.6 Å². The molecule has 0 aromatic rings. The normalized spacial score (nSPS) is 13.9. The molecule has 50 valence electrons. The molecule has 0 amide bonds. The Morgan fingerprint density at radius 1 is 1.56 bits per heavy atom. The first-order valence-electron chi connectivity index (χ1n) is 3.47. The quantitative estimate of drug-likeness (QED) is 0.556. The highest BCUT2D eigenvalue weighted by molar-refractivity contribution is 6.60. The minimum atomic E-state index is -0.329. The number of aliphatic hydroxyl groups is 1. The lowest BCUT2D eigenvalue weighted by Gasteiger charge is -2.16. The smallest absolute Gasteiger partial charge is 0.174 e. The molecular formula is C6H14B2O. The van der Waals surface area contributed by atoms with Gasteiger partial charge in [-0.2, -0.15) is 0 Å². The monoisotopic (exact) mass is 124 g/mol. The number of rotatable bonds is 3. The molecule has 3 heteroatoms. The highest BCUT2D eigenvalue weighted by atomic mass is 16.3. The van der Waals surface area contributed by atoms with Crippen LogP contribution in [0.1, 0.15) is 13.8 Å². The van der Waals surface area contributed by atoms with Crippen LogP contribution in [-0.2, 0) is 0 Å². The van der Waals surface area contributed by atoms with Crippen molar-refractivity contribution in [3.63, 3.8) is 0 Å². The summed E-state index contributed by atoms with van der Waals surface area (Å²) >= 11 is 0. The Balaban J connectivity index is 3.58. The van der Waals surface area contributed by atoms with Crippen molar-refractivity contribution in [2.45, 2.75) is 38.8 Å². The molecule has 0 saturated heterocycles. The molecule has 0 heterocycles. The van der Waals surface area contributed by atoms with Crippen LogP contribution in [0.3, 0.4) is 0 Å². The van der Waals surface area contributed by atoms with Gasteiger partial charge in [-0.25, -0.2) is 0 Å². The molecule has 0 fully saturated rings. The van der Waals surface area contributed by atoms with Gasteiger partial charge in [0.05, 0.1) is 7.85 Å². The van der Waals surface area contributed by atoms with Crippen LogP contribution in [0.4, 0.5) is 0 Å². The second-order valence-corrected chi connectivity index (χ2v) is 2.91. The van der Waals surface area contributed by atoms with Crippen molar-refractivity contribution in [1.82, 2.24) is 0 Å². The summed E-state index contributed by atoms with van der Waals surface area (Å²) in [5.74, 6) is 0.517. The van der Waals surface area contributed by atoms with Gasteiger partial charge in [0.1, 0.15) is 0 Å². The SMILES string of the molecule is [B]CC(O)B(C)C(C)C. The van der Waals surface area contributed by atoms with E-state index in [4.69, 9.17) is 7.85 Å². The summed E-state index contributed by atoms with van der Waals surface area (Å²) < 4.78 is 0. The highest BCUT2D eigenvalue weighted by Gasteiger charge is 2.18. The summed E-state index contributed by atoms with van der Waals surface area (Å²) in [6, 6.07) is -0.329. The van der Waals surface area contributed by atoms with Gasteiger partial charge in [-0.15, -0.1) is 0 Å². The maximum atomic E-state index is 9.17. The van der Waals surface area contributed by atoms with Crippen molar-refractivity contribution < 1.29 is 5.11 Å². The first kappa shape index (κ1) is 9.09. The molecule has 0 saturated carbocycles. The van der Waals surface area contributed by atoms with E-state index in [0.29, 0.717) is 18.9 Å². The van der Waals surface area contributed by atoms with Gasteiger partial charge in [0, 0.05) is 6.00 Å². The van der Waals surface area contributed by atoms with E-state index in [0.717, 1.165) is 0 Å². The molecular weight excluding hydrogens is 110 g/mol. The van der Waals surface area contributed by atoms with Gasteiger partial charge < -0.3 is 5.11 Å². The Morgan fingerprint density at radius 3 is 2.11 bits per heavy atom. The predicted octanol–water partition coefficient (Wildman–Crippen LogP) is 1.01. The third-order valence-electron chi connectivity index (χ3n) is 1.90. The van der Waals surface area contributed by atoms with E-state index in [1.807, 2.05) is 6.82 Å². The molecule has 1 atom stereocenters. The van der Waals surface area contributed by atoms with Crippen molar-refractivity contribution in [2.24, 2.45) is 0 Å². The van der Waals surface area contributed by atoms with Crippen LogP contribution in [0.2, 0.25) is 19.0 Å². The van der Waals surface area contributed by atoms with Crippen molar-refractivity contribution in [2.75, 3.05) is 0 Å². The fourth-order valence-corrected chi connectivity index (χ4v) is 0.659. The van der Waals surface area contributed by atoms with Crippen LogP contribution in [0.5, 0.6) is 0 Å². The molecule has 0 aromatic heterocycles. The molecule has 0 aliphatic heterocycles. The van der Waals surface area contributed by atoms with Crippen LogP contribution in [0.15, 0.2) is 0 Å². The summed E-state index contributed by atoms with van der Waals surface area (Å²) in [6.45, 7) is 6.50. The topological polar surface area (TPSA) is 20.2 Å². The van der Waals surface area contributed by atoms with E-state index in [1.165, 1.54) is 0 Å². The zero-order chi connectivity index (χ0) is 7.44. The van der Waals surface area contributed by atoms with E-state index in [-0.39, 0.29) is 6.00 Å².